The summed E-state index contributed by atoms with van der Waals surface area (Å²) in [6, 6.07) is 9.63. The molecule has 0 radical (unpaired) electrons. The molecular formula is C18H22O3. The molecule has 1 aliphatic carbocycles. The summed E-state index contributed by atoms with van der Waals surface area (Å²) in [6.45, 7) is 5.93. The second kappa shape index (κ2) is 6.70. The van der Waals surface area contributed by atoms with E-state index in [-0.39, 0.29) is 18.3 Å². The average Bonchev–Trinajstić information content (AvgIpc) is 2.51. The van der Waals surface area contributed by atoms with Crippen LogP contribution in [0.5, 0.6) is 0 Å². The van der Waals surface area contributed by atoms with Crippen LogP contribution in [0.3, 0.4) is 0 Å². The van der Waals surface area contributed by atoms with Crippen LogP contribution < -0.4 is 0 Å². The van der Waals surface area contributed by atoms with Crippen molar-refractivity contribution >= 4 is 11.8 Å². The predicted molar refractivity (Wildman–Crippen MR) is 81.9 cm³/mol. The molecule has 0 saturated heterocycles. The predicted octanol–water partition coefficient (Wildman–Crippen LogP) is 3.65. The summed E-state index contributed by atoms with van der Waals surface area (Å²) in [7, 11) is 0. The van der Waals surface area contributed by atoms with E-state index >= 15 is 0 Å². The second-order valence-corrected chi connectivity index (χ2v) is 5.45. The maximum atomic E-state index is 12.7. The van der Waals surface area contributed by atoms with E-state index in [2.05, 4.69) is 6.58 Å². The summed E-state index contributed by atoms with van der Waals surface area (Å²) in [6.07, 6.45) is 4.40. The summed E-state index contributed by atoms with van der Waals surface area (Å²) in [5.74, 6) is -0.741. The van der Waals surface area contributed by atoms with Crippen molar-refractivity contribution in [3.8, 4) is 0 Å². The molecule has 0 bridgehead atoms. The number of hydrogen-bond acceptors (Lipinski definition) is 3. The number of allylic oxidation sites excluding steroid dienone is 1. The van der Waals surface area contributed by atoms with Gasteiger partial charge in [0.2, 0.25) is 0 Å². The van der Waals surface area contributed by atoms with Gasteiger partial charge in [-0.25, -0.2) is 0 Å². The fraction of sp³-hybridized carbons (Fsp3) is 0.444. The zero-order valence-corrected chi connectivity index (χ0v) is 12.5. The Morgan fingerprint density at radius 2 is 2.10 bits per heavy atom. The molecule has 2 atom stereocenters. The minimum absolute atomic E-state index is 0.0130. The molecule has 0 aromatic heterocycles. The molecule has 0 aliphatic heterocycles. The number of esters is 1. The van der Waals surface area contributed by atoms with Crippen LogP contribution in [0.2, 0.25) is 0 Å². The minimum atomic E-state index is -1.10. The van der Waals surface area contributed by atoms with Crippen molar-refractivity contribution in [1.29, 1.82) is 0 Å². The third-order valence-electron chi connectivity index (χ3n) is 4.29. The highest BCUT2D eigenvalue weighted by molar-refractivity contribution is 6.05. The molecule has 2 rings (SSSR count). The van der Waals surface area contributed by atoms with E-state index in [0.29, 0.717) is 12.8 Å². The Bertz CT molecular complexity index is 521. The van der Waals surface area contributed by atoms with Crippen molar-refractivity contribution in [2.24, 2.45) is 5.41 Å². The van der Waals surface area contributed by atoms with E-state index in [1.807, 2.05) is 30.3 Å². The standard InChI is InChI=1S/C18H22O3/c1-3-15(14-10-6-5-7-11-14)18(17(20)21-4-2)13-9-8-12-16(18)19/h3,5-7,10-11,15H,1,4,8-9,12-13H2,2H3/t15-,18+/m0/s1. The van der Waals surface area contributed by atoms with Crippen molar-refractivity contribution in [3.05, 3.63) is 48.6 Å². The van der Waals surface area contributed by atoms with Gasteiger partial charge >= 0.3 is 5.97 Å². The number of benzene rings is 1. The number of hydrogen-bond donors (Lipinski definition) is 0. The highest BCUT2D eigenvalue weighted by Crippen LogP contribution is 2.46. The summed E-state index contributed by atoms with van der Waals surface area (Å²) >= 11 is 0. The Labute approximate surface area is 126 Å². The van der Waals surface area contributed by atoms with E-state index in [1.165, 1.54) is 0 Å². The van der Waals surface area contributed by atoms with Crippen LogP contribution in [0.15, 0.2) is 43.0 Å². The first-order chi connectivity index (χ1) is 10.2. The van der Waals surface area contributed by atoms with E-state index in [1.54, 1.807) is 13.0 Å². The lowest BCUT2D eigenvalue weighted by molar-refractivity contribution is -0.163. The number of ether oxygens (including phenoxy) is 1. The molecule has 21 heavy (non-hydrogen) atoms. The molecule has 3 heteroatoms. The Morgan fingerprint density at radius 1 is 1.38 bits per heavy atom. The lowest BCUT2D eigenvalue weighted by Gasteiger charge is -2.38. The highest BCUT2D eigenvalue weighted by atomic mass is 16.5. The minimum Gasteiger partial charge on any atom is -0.465 e. The number of carbonyl (C=O) groups is 2. The molecule has 0 N–H and O–H groups in total. The largest absolute Gasteiger partial charge is 0.465 e. The fourth-order valence-corrected chi connectivity index (χ4v) is 3.27. The smallest absolute Gasteiger partial charge is 0.320 e. The molecule has 0 heterocycles. The van der Waals surface area contributed by atoms with Gasteiger partial charge in [0.05, 0.1) is 6.61 Å². The van der Waals surface area contributed by atoms with Gasteiger partial charge in [-0.2, -0.15) is 0 Å². The first-order valence-electron chi connectivity index (χ1n) is 7.54. The SMILES string of the molecule is C=C[C@@H](c1ccccc1)[C@]1(C(=O)OCC)CCCCC1=O. The summed E-state index contributed by atoms with van der Waals surface area (Å²) in [5, 5.41) is 0. The zero-order chi connectivity index (χ0) is 15.3. The van der Waals surface area contributed by atoms with Crippen molar-refractivity contribution < 1.29 is 14.3 Å². The highest BCUT2D eigenvalue weighted by Gasteiger charge is 2.53. The molecule has 1 fully saturated rings. The molecule has 1 aromatic rings. The normalized spacial score (nSPS) is 23.4. The van der Waals surface area contributed by atoms with Gasteiger partial charge in [0, 0.05) is 12.3 Å². The van der Waals surface area contributed by atoms with E-state index in [0.717, 1.165) is 18.4 Å². The molecular weight excluding hydrogens is 264 g/mol. The molecule has 1 aliphatic rings. The van der Waals surface area contributed by atoms with Gasteiger partial charge < -0.3 is 4.74 Å². The van der Waals surface area contributed by atoms with Crippen molar-refractivity contribution in [3.63, 3.8) is 0 Å². The topological polar surface area (TPSA) is 43.4 Å². The first kappa shape index (κ1) is 15.5. The van der Waals surface area contributed by atoms with Gasteiger partial charge in [-0.3, -0.25) is 9.59 Å². The Hall–Kier alpha value is -1.90. The lowest BCUT2D eigenvalue weighted by atomic mass is 9.63. The zero-order valence-electron chi connectivity index (χ0n) is 12.5. The van der Waals surface area contributed by atoms with E-state index in [4.69, 9.17) is 4.74 Å². The number of Topliss-reactive ketones (excluding diaryl/α,β-unsaturated/α-hetero) is 1. The maximum absolute atomic E-state index is 12.7. The van der Waals surface area contributed by atoms with Crippen LogP contribution in [0.4, 0.5) is 0 Å². The molecule has 0 unspecified atom stereocenters. The maximum Gasteiger partial charge on any atom is 0.320 e. The fourth-order valence-electron chi connectivity index (χ4n) is 3.27. The van der Waals surface area contributed by atoms with Gasteiger partial charge in [-0.15, -0.1) is 6.58 Å². The second-order valence-electron chi connectivity index (χ2n) is 5.45. The van der Waals surface area contributed by atoms with Gasteiger partial charge in [-0.1, -0.05) is 42.8 Å². The Kier molecular flexibility index (Phi) is 4.94. The molecule has 1 saturated carbocycles. The van der Waals surface area contributed by atoms with Gasteiger partial charge in [0.1, 0.15) is 5.41 Å². The molecule has 0 spiro atoms. The molecule has 1 aromatic carbocycles. The molecule has 112 valence electrons. The van der Waals surface area contributed by atoms with Crippen LogP contribution in [0, 0.1) is 5.41 Å². The number of rotatable bonds is 5. The monoisotopic (exact) mass is 286 g/mol. The number of carbonyl (C=O) groups excluding carboxylic acids is 2. The van der Waals surface area contributed by atoms with Crippen LogP contribution in [-0.4, -0.2) is 18.4 Å². The summed E-state index contributed by atoms with van der Waals surface area (Å²) in [4.78, 5) is 25.3. The van der Waals surface area contributed by atoms with Crippen LogP contribution in [0.25, 0.3) is 0 Å². The average molecular weight is 286 g/mol. The third-order valence-corrected chi connectivity index (χ3v) is 4.29. The molecule has 0 amide bonds. The molecule has 3 nitrogen and oxygen atoms in total. The van der Waals surface area contributed by atoms with Crippen LogP contribution in [0.1, 0.15) is 44.1 Å². The van der Waals surface area contributed by atoms with Crippen LogP contribution >= 0.6 is 0 Å². The van der Waals surface area contributed by atoms with Gasteiger partial charge in [0.25, 0.3) is 0 Å². The van der Waals surface area contributed by atoms with Crippen molar-refractivity contribution in [2.75, 3.05) is 6.61 Å². The van der Waals surface area contributed by atoms with E-state index < -0.39 is 11.4 Å². The lowest BCUT2D eigenvalue weighted by Crippen LogP contribution is -2.47. The summed E-state index contributed by atoms with van der Waals surface area (Å²) < 4.78 is 5.25. The number of ketones is 1. The van der Waals surface area contributed by atoms with E-state index in [9.17, 15) is 9.59 Å². The third kappa shape index (κ3) is 2.78. The van der Waals surface area contributed by atoms with Crippen molar-refractivity contribution in [1.82, 2.24) is 0 Å². The first-order valence-corrected chi connectivity index (χ1v) is 7.54. The van der Waals surface area contributed by atoms with Crippen LogP contribution in [-0.2, 0) is 14.3 Å². The Morgan fingerprint density at radius 3 is 2.67 bits per heavy atom. The quantitative estimate of drug-likeness (QED) is 0.471. The Balaban J connectivity index is 2.49. The van der Waals surface area contributed by atoms with Gasteiger partial charge in [-0.05, 0) is 25.3 Å². The van der Waals surface area contributed by atoms with Crippen molar-refractivity contribution in [2.45, 2.75) is 38.5 Å². The summed E-state index contributed by atoms with van der Waals surface area (Å²) in [5.41, 5.74) is -0.159. The van der Waals surface area contributed by atoms with Gasteiger partial charge in [0.15, 0.2) is 5.78 Å².